The quantitative estimate of drug-likeness (QED) is 0.0272. The molecule has 13 rings (SSSR count). The van der Waals surface area contributed by atoms with Crippen molar-refractivity contribution in [3.05, 3.63) is 0 Å². The Bertz CT molecular complexity index is 4070. The van der Waals surface area contributed by atoms with Crippen LogP contribution in [0.1, 0.15) is 6.92 Å². The molecule has 13 fully saturated rings. The molecule has 13 saturated heterocycles. The number of hydrogen-bond acceptors (Lipinski definition) is 66. The Labute approximate surface area is 844 Å². The molecule has 0 bridgehead atoms. The van der Waals surface area contributed by atoms with E-state index in [1.807, 2.05) is 0 Å². The van der Waals surface area contributed by atoms with Crippen molar-refractivity contribution in [2.24, 2.45) is 0 Å². The molecule has 42 N–H and O–H groups in total. The van der Waals surface area contributed by atoms with Crippen LogP contribution >= 0.6 is 0 Å². The van der Waals surface area contributed by atoms with Crippen LogP contribution in [0.4, 0.5) is 4.79 Å². The first-order chi connectivity index (χ1) is 71.1. The van der Waals surface area contributed by atoms with Gasteiger partial charge in [-0.2, -0.15) is 0 Å². The lowest BCUT2D eigenvalue weighted by atomic mass is 9.94. The minimum absolute atomic E-state index is 0.851. The topological polar surface area (TPSA) is 1100 Å². The maximum absolute atomic E-state index is 13.2. The van der Waals surface area contributed by atoms with Crippen LogP contribution < -0.4 is 10.6 Å². The van der Waals surface area contributed by atoms with Gasteiger partial charge in [-0.25, -0.2) is 4.79 Å². The molecule has 0 aliphatic carbocycles. The van der Waals surface area contributed by atoms with E-state index in [-0.39, 0.29) is 0 Å². The van der Waals surface area contributed by atoms with Crippen molar-refractivity contribution in [1.82, 2.24) is 10.6 Å². The van der Waals surface area contributed by atoms with Crippen molar-refractivity contribution in [2.45, 2.75) is 406 Å². The van der Waals surface area contributed by atoms with Crippen molar-refractivity contribution in [3.63, 3.8) is 0 Å². The summed E-state index contributed by atoms with van der Waals surface area (Å²) in [4.78, 5) is 25.1. The summed E-state index contributed by atoms with van der Waals surface area (Å²) in [5.74, 6) is -1.07. The lowest BCUT2D eigenvalue weighted by molar-refractivity contribution is -0.412. The SMILES string of the molecule is CC(=O)NC1C(OC2C(CO)OC(O)C(NC(=O)O)C2O)OC(CO)C(OC2OC(COC3OC(COC4OC(CO)C(O)C(O)C4OC4OC(CO)C(O)C(O)C4O)C(O)C(OC4OC(CO)C(O)C(O)C4OC4OC(CO)C(O)C(O)C4O)C3O)C(O)C(OC3OC(CO)C(O)C(O)C3OC3OC(CO)C(O)C(O)C3OC3OC(CO)C(O)C(OC4OC(CO)C(O)C(OC5OC(CO)C(O)C(O)C5O)C4O)C3O)C2O)C1O. The third kappa shape index (κ3) is 26.2. The van der Waals surface area contributed by atoms with Gasteiger partial charge >= 0.3 is 6.09 Å². The molecule has 69 nitrogen and oxygen atoms in total. The summed E-state index contributed by atoms with van der Waals surface area (Å²) >= 11 is 0. The first kappa shape index (κ1) is 123. The molecule has 0 aromatic heterocycles. The van der Waals surface area contributed by atoms with E-state index in [1.165, 1.54) is 0 Å². The van der Waals surface area contributed by atoms with Crippen LogP contribution in [-0.2, 0) is 123 Å². The van der Waals surface area contributed by atoms with Gasteiger partial charge in [0.05, 0.1) is 85.9 Å². The second-order valence-electron chi connectivity index (χ2n) is 37.7. The first-order valence-corrected chi connectivity index (χ1v) is 47.4. The fourth-order valence-electron chi connectivity index (χ4n) is 19.3. The third-order valence-electron chi connectivity index (χ3n) is 27.9. The molecule has 65 unspecified atom stereocenters. The Morgan fingerprint density at radius 1 is 0.187 bits per heavy atom. The molecule has 13 heterocycles. The zero-order valence-electron chi connectivity index (χ0n) is 78.6. The van der Waals surface area contributed by atoms with Crippen LogP contribution in [0.15, 0.2) is 0 Å². The maximum atomic E-state index is 13.2. The van der Waals surface area contributed by atoms with Gasteiger partial charge in [-0.3, -0.25) is 4.79 Å². The molecule has 0 radical (unpaired) electrons. The van der Waals surface area contributed by atoms with Crippen LogP contribution in [0.3, 0.4) is 0 Å². The van der Waals surface area contributed by atoms with Crippen LogP contribution in [0.25, 0.3) is 0 Å². The zero-order valence-corrected chi connectivity index (χ0v) is 78.6. The number of nitrogens with one attached hydrogen (secondary N) is 2. The smallest absolute Gasteiger partial charge is 0.405 e. The van der Waals surface area contributed by atoms with E-state index in [0.717, 1.165) is 6.92 Å². The fourth-order valence-corrected chi connectivity index (χ4v) is 19.3. The van der Waals surface area contributed by atoms with Crippen LogP contribution in [0.5, 0.6) is 0 Å². The second kappa shape index (κ2) is 53.6. The highest BCUT2D eigenvalue weighted by Crippen LogP contribution is 2.44. The van der Waals surface area contributed by atoms with Gasteiger partial charge in [-0.15, -0.1) is 0 Å². The molecule has 872 valence electrons. The number of rotatable bonds is 39. The monoisotopic (exact) mass is 2210 g/mol. The van der Waals surface area contributed by atoms with Gasteiger partial charge in [0.1, 0.15) is 317 Å². The first-order valence-electron chi connectivity index (χ1n) is 47.4. The Morgan fingerprint density at radius 2 is 0.393 bits per heavy atom. The highest BCUT2D eigenvalue weighted by molar-refractivity contribution is 5.73. The number of hydrogen-bond donors (Lipinski definition) is 42. The van der Waals surface area contributed by atoms with Gasteiger partial charge in [-0.05, 0) is 0 Å². The Morgan fingerprint density at radius 3 is 0.707 bits per heavy atom. The van der Waals surface area contributed by atoms with Gasteiger partial charge in [0, 0.05) is 6.92 Å². The maximum Gasteiger partial charge on any atom is 0.405 e. The molecule has 13 aliphatic rings. The Kier molecular flexibility index (Phi) is 44.0. The lowest BCUT2D eigenvalue weighted by Gasteiger charge is -2.51. The number of amides is 2. The Balaban J connectivity index is 0.846. The van der Waals surface area contributed by atoms with Crippen molar-refractivity contribution in [2.75, 3.05) is 85.9 Å². The summed E-state index contributed by atoms with van der Waals surface area (Å²) in [6.07, 6.45) is -146. The molecule has 150 heavy (non-hydrogen) atoms. The number of carboxylic acid groups (broad SMARTS) is 1. The molecule has 0 aromatic rings. The van der Waals surface area contributed by atoms with E-state index in [2.05, 4.69) is 5.32 Å². The molecule has 0 aromatic carbocycles. The van der Waals surface area contributed by atoms with E-state index >= 15 is 0 Å². The minimum Gasteiger partial charge on any atom is -0.465 e. The predicted octanol–water partition coefficient (Wildman–Crippen LogP) is -28.9. The summed E-state index contributed by atoms with van der Waals surface area (Å²) in [6.45, 7) is -15.1. The molecule has 2 amide bonds. The number of carbonyl (C=O) groups excluding carboxylic acids is 1. The third-order valence-corrected chi connectivity index (χ3v) is 27.9. The summed E-state index contributed by atoms with van der Waals surface area (Å²) in [7, 11) is 0. The minimum atomic E-state index is -2.81. The van der Waals surface area contributed by atoms with E-state index in [4.69, 9.17) is 118 Å². The summed E-state index contributed by atoms with van der Waals surface area (Å²) < 4.78 is 147. The second-order valence-corrected chi connectivity index (χ2v) is 37.7. The molecule has 0 saturated carbocycles. The van der Waals surface area contributed by atoms with E-state index in [9.17, 15) is 214 Å². The normalized spacial score (nSPS) is 52.1. The molecular formula is C81H136N2O67. The standard InChI is InChI=1S/C81H136N2O67/c1-15(95)82-30-43(108)59(26(12-94)138-69(30)141-58-25(11-93)128-68(123)29(42(58)107)83-81(124)125)142-76-57(122)63(146-79-67(50(115)37(102)21(7-89)136-79)150-80-66(49(114)36(101)22(8-90)137-80)149-75-56(121)61(39(104)24(10-92)133-75)144-74-55(120)60(38(103)23(9-91)132-74)143-71-51(116)44(109)31(96)16(2-84)129-71)41(106)28(140-76)13-126-70-54(119)62(145-78-65(48(113)35(100)20(6-88)135-78)148-73-53(118)46(111)33(98)18(4-86)131-73)40(105)27(139-70)14-127-77-64(47(112)34(99)19(5-87)134-77)147-72-52(117)45(110)32(97)17(3-85)130-72/h16-80,83-94,96-123H,2-14H2,1H3,(H,82,95)(H,124,125). The van der Waals surface area contributed by atoms with Gasteiger partial charge in [0.15, 0.2) is 81.8 Å². The van der Waals surface area contributed by atoms with E-state index in [1.54, 1.807) is 5.32 Å². The van der Waals surface area contributed by atoms with Gasteiger partial charge in [0.2, 0.25) is 5.91 Å². The molecular weight excluding hydrogens is 2070 g/mol. The molecule has 0 spiro atoms. The summed E-state index contributed by atoms with van der Waals surface area (Å²) in [5, 5.41) is 452. The Hall–Kier alpha value is -3.82. The van der Waals surface area contributed by atoms with Crippen molar-refractivity contribution in [3.8, 4) is 0 Å². The molecule has 65 atom stereocenters. The number of carbonyl (C=O) groups is 2. The largest absolute Gasteiger partial charge is 0.465 e. The number of ether oxygens (including phenoxy) is 25. The number of aliphatic hydroxyl groups excluding tert-OH is 39. The van der Waals surface area contributed by atoms with Gasteiger partial charge in [-0.1, -0.05) is 0 Å². The molecule has 69 heteroatoms. The van der Waals surface area contributed by atoms with Gasteiger partial charge in [0.25, 0.3) is 0 Å². The fraction of sp³-hybridized carbons (Fsp3) is 0.975. The van der Waals surface area contributed by atoms with Crippen LogP contribution in [0, 0.1) is 0 Å². The van der Waals surface area contributed by atoms with Crippen molar-refractivity contribution in [1.29, 1.82) is 0 Å². The highest BCUT2D eigenvalue weighted by Gasteiger charge is 2.65. The van der Waals surface area contributed by atoms with Crippen molar-refractivity contribution < 1.29 is 332 Å². The van der Waals surface area contributed by atoms with E-state index in [0.29, 0.717) is 0 Å². The lowest BCUT2D eigenvalue weighted by Crippen LogP contribution is -2.70. The van der Waals surface area contributed by atoms with E-state index < -0.39 is 497 Å². The van der Waals surface area contributed by atoms with Gasteiger partial charge < -0.3 is 333 Å². The van der Waals surface area contributed by atoms with Crippen molar-refractivity contribution >= 4 is 12.0 Å². The summed E-state index contributed by atoms with van der Waals surface area (Å²) in [6, 6.07) is -4.11. The van der Waals surface area contributed by atoms with Crippen LogP contribution in [0.2, 0.25) is 0 Å². The zero-order chi connectivity index (χ0) is 110. The average molecular weight is 2210 g/mol. The number of aliphatic hydroxyl groups is 39. The highest BCUT2D eigenvalue weighted by atomic mass is 16.8. The summed E-state index contributed by atoms with van der Waals surface area (Å²) in [5.41, 5.74) is 0. The average Bonchev–Trinajstić information content (AvgIpc) is 0.755. The predicted molar refractivity (Wildman–Crippen MR) is 448 cm³/mol. The van der Waals surface area contributed by atoms with Crippen LogP contribution in [-0.4, -0.2) is 701 Å². The molecule has 13 aliphatic heterocycles.